The molecule has 0 bridgehead atoms. The maximum atomic E-state index is 5.30. The van der Waals surface area contributed by atoms with Gasteiger partial charge in [0.1, 0.15) is 5.82 Å². The van der Waals surface area contributed by atoms with Crippen molar-refractivity contribution in [1.29, 1.82) is 0 Å². The van der Waals surface area contributed by atoms with Crippen molar-refractivity contribution < 1.29 is 0 Å². The standard InChI is InChI=1S/C53H36N2/c1-3-15-36(16-4-1)50-44-23-11-12-24-45(44)51(37-17-5-2-6-18-37)47-34-39(31-32-46(47)50)35-27-29-38(30-28-35)53-54-48-25-13-14-26-49(48)55(53)52-42-21-9-7-19-40(42)33-41-20-8-10-22-43(41)52/h1-10,13-34H,11-12H2. The molecule has 0 fully saturated rings. The molecule has 0 N–H and O–H groups in total. The predicted octanol–water partition coefficient (Wildman–Crippen LogP) is 12.5. The number of benzene rings is 9. The predicted molar refractivity (Wildman–Crippen MR) is 233 cm³/mol. The van der Waals surface area contributed by atoms with Crippen molar-refractivity contribution in [2.75, 3.05) is 0 Å². The molecule has 1 aliphatic carbocycles. The summed E-state index contributed by atoms with van der Waals surface area (Å²) in [7, 11) is 0. The Labute approximate surface area is 319 Å². The lowest BCUT2D eigenvalue weighted by molar-refractivity contribution is 1.12. The van der Waals surface area contributed by atoms with Crippen LogP contribution in [0.3, 0.4) is 0 Å². The van der Waals surface area contributed by atoms with E-state index in [1.54, 1.807) is 0 Å². The second kappa shape index (κ2) is 12.8. The van der Waals surface area contributed by atoms with Crippen LogP contribution in [0.15, 0.2) is 182 Å². The number of imidazole rings is 1. The van der Waals surface area contributed by atoms with Crippen LogP contribution in [0.25, 0.3) is 106 Å². The second-order valence-corrected chi connectivity index (χ2v) is 14.6. The van der Waals surface area contributed by atoms with Crippen molar-refractivity contribution in [3.63, 3.8) is 0 Å². The van der Waals surface area contributed by atoms with Gasteiger partial charge in [-0.25, -0.2) is 4.98 Å². The highest BCUT2D eigenvalue weighted by molar-refractivity contribution is 6.10. The lowest BCUT2D eigenvalue weighted by Crippen LogP contribution is -2.31. The number of fused-ring (bicyclic) bond motifs is 5. The molecule has 0 amide bonds. The third-order valence-corrected chi connectivity index (χ3v) is 11.4. The first-order chi connectivity index (χ1) is 27.3. The van der Waals surface area contributed by atoms with Crippen LogP contribution < -0.4 is 10.4 Å². The van der Waals surface area contributed by atoms with Crippen molar-refractivity contribution >= 4 is 55.5 Å². The fourth-order valence-electron chi connectivity index (χ4n) is 8.91. The third-order valence-electron chi connectivity index (χ3n) is 11.4. The Bertz CT molecular complexity index is 3170. The number of para-hydroxylation sites is 2. The van der Waals surface area contributed by atoms with E-state index < -0.39 is 0 Å². The molecule has 0 aliphatic heterocycles. The van der Waals surface area contributed by atoms with Crippen LogP contribution in [-0.4, -0.2) is 9.55 Å². The summed E-state index contributed by atoms with van der Waals surface area (Å²) in [6, 6.07) is 66.1. The molecule has 55 heavy (non-hydrogen) atoms. The molecule has 0 saturated carbocycles. The molecule has 0 saturated heterocycles. The second-order valence-electron chi connectivity index (χ2n) is 14.6. The highest BCUT2D eigenvalue weighted by Gasteiger charge is 2.20. The normalized spacial score (nSPS) is 12.5. The Balaban J connectivity index is 1.11. The van der Waals surface area contributed by atoms with Crippen LogP contribution in [0.1, 0.15) is 12.8 Å². The van der Waals surface area contributed by atoms with Crippen LogP contribution in [-0.2, 0) is 0 Å². The van der Waals surface area contributed by atoms with Crippen LogP contribution in [0.5, 0.6) is 0 Å². The van der Waals surface area contributed by atoms with Crippen molar-refractivity contribution in [3.05, 3.63) is 192 Å². The van der Waals surface area contributed by atoms with Crippen molar-refractivity contribution in [3.8, 4) is 50.5 Å². The molecule has 258 valence electrons. The number of hydrogen-bond acceptors (Lipinski definition) is 1. The van der Waals surface area contributed by atoms with E-state index >= 15 is 0 Å². The average Bonchev–Trinajstić information content (AvgIpc) is 3.64. The monoisotopic (exact) mass is 700 g/mol. The zero-order valence-electron chi connectivity index (χ0n) is 30.3. The van der Waals surface area contributed by atoms with E-state index in [2.05, 4.69) is 199 Å². The van der Waals surface area contributed by atoms with Crippen molar-refractivity contribution in [2.24, 2.45) is 0 Å². The molecule has 0 spiro atoms. The first-order valence-electron chi connectivity index (χ1n) is 19.2. The average molecular weight is 701 g/mol. The summed E-state index contributed by atoms with van der Waals surface area (Å²) in [5.74, 6) is 0.935. The van der Waals surface area contributed by atoms with E-state index in [4.69, 9.17) is 4.98 Å². The highest BCUT2D eigenvalue weighted by atomic mass is 15.1. The number of hydrogen-bond donors (Lipinski definition) is 0. The van der Waals surface area contributed by atoms with Crippen molar-refractivity contribution in [1.82, 2.24) is 9.55 Å². The van der Waals surface area contributed by atoms with Crippen LogP contribution >= 0.6 is 0 Å². The zero-order chi connectivity index (χ0) is 36.3. The molecule has 1 aromatic heterocycles. The SMILES string of the molecule is C1=c2c(-c3ccccc3)c3ccc(-c4ccc(-c5nc6ccccc6n5-c5c6ccccc6cc6ccccc56)cc4)cc3c(-c3ccccc3)c2=CCC1. The Hall–Kier alpha value is -7.03. The topological polar surface area (TPSA) is 17.8 Å². The minimum atomic E-state index is 0.935. The van der Waals surface area contributed by atoms with Gasteiger partial charge in [-0.15, -0.1) is 0 Å². The van der Waals surface area contributed by atoms with Gasteiger partial charge in [0.25, 0.3) is 0 Å². The number of nitrogens with zero attached hydrogens (tertiary/aromatic N) is 2. The van der Waals surface area contributed by atoms with E-state index in [-0.39, 0.29) is 0 Å². The largest absolute Gasteiger partial charge is 0.291 e. The van der Waals surface area contributed by atoms with Crippen LogP contribution in [0.4, 0.5) is 0 Å². The maximum Gasteiger partial charge on any atom is 0.145 e. The molecule has 0 atom stereocenters. The highest BCUT2D eigenvalue weighted by Crippen LogP contribution is 2.39. The molecule has 1 heterocycles. The van der Waals surface area contributed by atoms with Gasteiger partial charge < -0.3 is 0 Å². The van der Waals surface area contributed by atoms with E-state index in [0.29, 0.717) is 0 Å². The number of aromatic nitrogens is 2. The van der Waals surface area contributed by atoms with Gasteiger partial charge in [0.15, 0.2) is 0 Å². The molecule has 11 rings (SSSR count). The van der Waals surface area contributed by atoms with Gasteiger partial charge in [0.2, 0.25) is 0 Å². The number of rotatable bonds is 5. The van der Waals surface area contributed by atoms with Gasteiger partial charge in [0, 0.05) is 16.3 Å². The van der Waals surface area contributed by atoms with Gasteiger partial charge in [-0.2, -0.15) is 0 Å². The summed E-state index contributed by atoms with van der Waals surface area (Å²) in [6.07, 6.45) is 7.01. The first kappa shape index (κ1) is 31.5. The maximum absolute atomic E-state index is 5.30. The van der Waals surface area contributed by atoms with Gasteiger partial charge in [-0.1, -0.05) is 170 Å². The Kier molecular flexibility index (Phi) is 7.34. The molecule has 0 radical (unpaired) electrons. The van der Waals surface area contributed by atoms with Crippen LogP contribution in [0, 0.1) is 0 Å². The molecule has 1 aliphatic rings. The van der Waals surface area contributed by atoms with E-state index in [0.717, 1.165) is 41.0 Å². The fourth-order valence-corrected chi connectivity index (χ4v) is 8.91. The van der Waals surface area contributed by atoms with Crippen molar-refractivity contribution in [2.45, 2.75) is 12.8 Å². The molecule has 9 aromatic carbocycles. The minimum Gasteiger partial charge on any atom is -0.291 e. The van der Waals surface area contributed by atoms with E-state index in [1.807, 2.05) is 0 Å². The minimum absolute atomic E-state index is 0.935. The Morgan fingerprint density at radius 2 is 0.909 bits per heavy atom. The summed E-state index contributed by atoms with van der Waals surface area (Å²) >= 11 is 0. The molecule has 2 heteroatoms. The molecular formula is C53H36N2. The molecule has 10 aromatic rings. The molecular weight excluding hydrogens is 665 g/mol. The van der Waals surface area contributed by atoms with Gasteiger partial charge in [-0.3, -0.25) is 4.57 Å². The van der Waals surface area contributed by atoms with E-state index in [1.165, 1.54) is 76.1 Å². The third kappa shape index (κ3) is 5.14. The van der Waals surface area contributed by atoms with Gasteiger partial charge in [0.05, 0.1) is 16.7 Å². The van der Waals surface area contributed by atoms with E-state index in [9.17, 15) is 0 Å². The zero-order valence-corrected chi connectivity index (χ0v) is 30.3. The summed E-state index contributed by atoms with van der Waals surface area (Å²) in [6.45, 7) is 0. The van der Waals surface area contributed by atoms with Gasteiger partial charge >= 0.3 is 0 Å². The summed E-state index contributed by atoms with van der Waals surface area (Å²) in [5, 5.41) is 10.1. The lowest BCUT2D eigenvalue weighted by atomic mass is 9.85. The molecule has 0 unspecified atom stereocenters. The Morgan fingerprint density at radius 3 is 1.56 bits per heavy atom. The first-order valence-corrected chi connectivity index (χ1v) is 19.2. The Morgan fingerprint density at radius 1 is 0.382 bits per heavy atom. The van der Waals surface area contributed by atoms with Gasteiger partial charge in [-0.05, 0) is 102 Å². The van der Waals surface area contributed by atoms with Crippen LogP contribution in [0.2, 0.25) is 0 Å². The summed E-state index contributed by atoms with van der Waals surface area (Å²) in [5.41, 5.74) is 11.8. The molecule has 2 nitrogen and oxygen atoms in total. The summed E-state index contributed by atoms with van der Waals surface area (Å²) < 4.78 is 2.37. The summed E-state index contributed by atoms with van der Waals surface area (Å²) in [4.78, 5) is 5.30. The quantitative estimate of drug-likeness (QED) is 0.163. The smallest absolute Gasteiger partial charge is 0.145 e. The lowest BCUT2D eigenvalue weighted by Gasteiger charge is -2.19. The fraction of sp³-hybridized carbons (Fsp3) is 0.0377.